The third-order valence-electron chi connectivity index (χ3n) is 0. The Morgan fingerprint density at radius 2 is 1.20 bits per heavy atom. The molecule has 0 aromatic rings. The zero-order chi connectivity index (χ0) is 4.71. The fourth-order valence-electron chi connectivity index (χ4n) is 0. The molecule has 0 aliphatic rings. The van der Waals surface area contributed by atoms with Gasteiger partial charge in [-0.3, -0.25) is 0 Å². The van der Waals surface area contributed by atoms with Crippen molar-refractivity contribution in [2.75, 3.05) is 4.24 Å². The topological polar surface area (TPSA) is 0 Å². The first kappa shape index (κ1) is 10.2. The van der Waals surface area contributed by atoms with Gasteiger partial charge in [0, 0.05) is 0 Å². The van der Waals surface area contributed by atoms with Gasteiger partial charge in [0.2, 0.25) is 0 Å². The summed E-state index contributed by atoms with van der Waals surface area (Å²) in [6.07, 6.45) is 0. The summed E-state index contributed by atoms with van der Waals surface area (Å²) in [6.45, 7) is 0. The number of halogens is 3. The van der Waals surface area contributed by atoms with Crippen molar-refractivity contribution in [1.82, 2.24) is 0 Å². The standard InChI is InChI=1S/CH2Br2.BrH.Ti/c2-1-3;;/h1H2;1H;/q;;+1/p-1. The van der Waals surface area contributed by atoms with Crippen molar-refractivity contribution in [3.05, 3.63) is 0 Å². The molecule has 0 amide bonds. The molecular weight excluding hydrogens is 300 g/mol. The van der Waals surface area contributed by atoms with Crippen molar-refractivity contribution in [1.29, 1.82) is 0 Å². The van der Waals surface area contributed by atoms with Crippen LogP contribution in [0.15, 0.2) is 0 Å². The van der Waals surface area contributed by atoms with E-state index in [2.05, 4.69) is 45.0 Å². The summed E-state index contributed by atoms with van der Waals surface area (Å²) in [4.78, 5) is 0. The van der Waals surface area contributed by atoms with E-state index in [0.29, 0.717) is 0 Å². The van der Waals surface area contributed by atoms with E-state index in [9.17, 15) is 0 Å². The first-order chi connectivity index (χ1) is 2.41. The second-order valence-corrected chi connectivity index (χ2v) is 2.73. The van der Waals surface area contributed by atoms with E-state index in [0.717, 1.165) is 4.24 Å². The van der Waals surface area contributed by atoms with Gasteiger partial charge in [-0.25, -0.2) is 0 Å². The van der Waals surface area contributed by atoms with Crippen molar-refractivity contribution in [2.45, 2.75) is 0 Å². The molecule has 0 aliphatic heterocycles. The van der Waals surface area contributed by atoms with Gasteiger partial charge in [0.1, 0.15) is 0 Å². The fourth-order valence-corrected chi connectivity index (χ4v) is 0. The molecule has 4 heteroatoms. The molecule has 0 aliphatic carbocycles. The second kappa shape index (κ2) is 16.4. The molecule has 31 valence electrons. The predicted molar refractivity (Wildman–Crippen MR) is 31.6 cm³/mol. The van der Waals surface area contributed by atoms with Gasteiger partial charge >= 0.3 is 31.5 Å². The summed E-state index contributed by atoms with van der Waals surface area (Å²) in [6, 6.07) is 0. The van der Waals surface area contributed by atoms with Crippen molar-refractivity contribution in [3.63, 3.8) is 0 Å². The van der Waals surface area contributed by atoms with Crippen LogP contribution in [-0.4, -0.2) is 4.24 Å². The number of rotatable bonds is 0. The Morgan fingerprint density at radius 3 is 1.20 bits per heavy atom. The summed E-state index contributed by atoms with van der Waals surface area (Å²) in [5.74, 6) is 0. The van der Waals surface area contributed by atoms with Crippen molar-refractivity contribution in [2.24, 2.45) is 0 Å². The molecule has 0 nitrogen and oxygen atoms in total. The molecule has 0 fully saturated rings. The summed E-state index contributed by atoms with van der Waals surface area (Å²) in [7, 11) is 0. The molecule has 0 saturated heterocycles. The maximum atomic E-state index is 3.06. The zero-order valence-corrected chi connectivity index (χ0v) is 8.66. The van der Waals surface area contributed by atoms with Crippen LogP contribution in [0.2, 0.25) is 0 Å². The van der Waals surface area contributed by atoms with E-state index in [1.54, 1.807) is 0 Å². The molecule has 0 bridgehead atoms. The average molecular weight is 302 g/mol. The first-order valence-corrected chi connectivity index (χ1v) is 6.83. The summed E-state index contributed by atoms with van der Waals surface area (Å²) in [5.41, 5.74) is 0. The molecule has 0 rings (SSSR count). The molecular formula is CH2Br3Ti. The van der Waals surface area contributed by atoms with Gasteiger partial charge in [-0.2, -0.15) is 0 Å². The van der Waals surface area contributed by atoms with Crippen LogP contribution in [-0.2, 0) is 18.3 Å². The third-order valence-corrected chi connectivity index (χ3v) is 0. The monoisotopic (exact) mass is 299 g/mol. The Labute approximate surface area is 66.8 Å². The molecule has 5 heavy (non-hydrogen) atoms. The first-order valence-electron chi connectivity index (χ1n) is 0.724. The summed E-state index contributed by atoms with van der Waals surface area (Å²) >= 11 is 10.9. The van der Waals surface area contributed by atoms with Gasteiger partial charge in [-0.15, -0.1) is 0 Å². The van der Waals surface area contributed by atoms with Gasteiger partial charge in [-0.05, 0) is 0 Å². The van der Waals surface area contributed by atoms with Crippen LogP contribution in [0.4, 0.5) is 0 Å². The van der Waals surface area contributed by atoms with Gasteiger partial charge in [0.05, 0.1) is 4.24 Å². The van der Waals surface area contributed by atoms with E-state index in [-0.39, 0.29) is 0 Å². The zero-order valence-electron chi connectivity index (χ0n) is 2.34. The Bertz CT molecular complexity index is 6.85. The predicted octanol–water partition coefficient (Wildman–Crippen LogP) is 2.58. The fraction of sp³-hybridized carbons (Fsp3) is 1.00. The number of alkyl halides is 2. The minimum atomic E-state index is 0.875. The van der Waals surface area contributed by atoms with Crippen LogP contribution >= 0.6 is 45.0 Å². The molecule has 0 aromatic heterocycles. The third kappa shape index (κ3) is 22.9. The van der Waals surface area contributed by atoms with Crippen molar-refractivity contribution >= 4 is 45.0 Å². The van der Waals surface area contributed by atoms with Crippen LogP contribution in [0.25, 0.3) is 0 Å². The summed E-state index contributed by atoms with van der Waals surface area (Å²) in [5, 5.41) is 0. The van der Waals surface area contributed by atoms with Gasteiger partial charge < -0.3 is 0 Å². The van der Waals surface area contributed by atoms with Gasteiger partial charge in [-0.1, -0.05) is 31.9 Å². The van der Waals surface area contributed by atoms with Crippen molar-refractivity contribution in [3.8, 4) is 0 Å². The molecule has 0 atom stereocenters. The van der Waals surface area contributed by atoms with Crippen LogP contribution < -0.4 is 0 Å². The molecule has 0 unspecified atom stereocenters. The molecule has 0 saturated carbocycles. The maximum absolute atomic E-state index is 3.06. The van der Waals surface area contributed by atoms with Gasteiger partial charge in [0.15, 0.2) is 0 Å². The Morgan fingerprint density at radius 1 is 1.20 bits per heavy atom. The molecule has 0 spiro atoms. The second-order valence-electron chi connectivity index (χ2n) is 0.101. The van der Waals surface area contributed by atoms with E-state index < -0.39 is 0 Å². The Hall–Kier alpha value is 2.15. The van der Waals surface area contributed by atoms with Crippen molar-refractivity contribution < 1.29 is 18.3 Å². The van der Waals surface area contributed by atoms with Crippen LogP contribution in [0, 0.1) is 0 Å². The van der Waals surface area contributed by atoms with Crippen LogP contribution in [0.1, 0.15) is 0 Å². The molecule has 0 aromatic carbocycles. The number of hydrogen-bond donors (Lipinski definition) is 0. The van der Waals surface area contributed by atoms with E-state index in [1.807, 2.05) is 18.3 Å². The Kier molecular flexibility index (Phi) is 33.5. The molecule has 0 N–H and O–H groups in total. The Balaban J connectivity index is 0. The molecule has 0 radical (unpaired) electrons. The SMILES string of the molecule is BrCBr.[Ti][Br]. The van der Waals surface area contributed by atoms with E-state index >= 15 is 0 Å². The quantitative estimate of drug-likeness (QED) is 0.476. The van der Waals surface area contributed by atoms with E-state index in [4.69, 9.17) is 0 Å². The van der Waals surface area contributed by atoms with Gasteiger partial charge in [0.25, 0.3) is 0 Å². The number of hydrogen-bond acceptors (Lipinski definition) is 0. The summed E-state index contributed by atoms with van der Waals surface area (Å²) < 4.78 is 0.875. The van der Waals surface area contributed by atoms with Crippen LogP contribution in [0.5, 0.6) is 0 Å². The minimum absolute atomic E-state index is 0.875. The normalized spacial score (nSPS) is 4.40. The average Bonchev–Trinajstić information content (AvgIpc) is 1.46. The molecule has 0 heterocycles. The van der Waals surface area contributed by atoms with Crippen LogP contribution in [0.3, 0.4) is 0 Å². The van der Waals surface area contributed by atoms with E-state index in [1.165, 1.54) is 0 Å².